The summed E-state index contributed by atoms with van der Waals surface area (Å²) in [5.74, 6) is 0.877. The quantitative estimate of drug-likeness (QED) is 0.476. The molecule has 0 aliphatic rings. The van der Waals surface area contributed by atoms with Crippen molar-refractivity contribution >= 4 is 22.7 Å². The maximum atomic E-state index is 12.5. The Bertz CT molecular complexity index is 932. The van der Waals surface area contributed by atoms with Gasteiger partial charge in [0.2, 0.25) is 0 Å². The van der Waals surface area contributed by atoms with Crippen LogP contribution in [0.15, 0.2) is 48.9 Å². The Kier molecular flexibility index (Phi) is 5.31. The van der Waals surface area contributed by atoms with Crippen LogP contribution in [-0.2, 0) is 16.6 Å². The van der Waals surface area contributed by atoms with Gasteiger partial charge in [0.05, 0.1) is 24.7 Å². The van der Waals surface area contributed by atoms with Crippen LogP contribution in [0.2, 0.25) is 0 Å². The fourth-order valence-corrected chi connectivity index (χ4v) is 2.78. The van der Waals surface area contributed by atoms with E-state index in [0.29, 0.717) is 23.7 Å². The van der Waals surface area contributed by atoms with Crippen LogP contribution in [0.25, 0.3) is 10.9 Å². The van der Waals surface area contributed by atoms with Crippen molar-refractivity contribution in [1.82, 2.24) is 9.55 Å². The molecular formula is C20H20N2O4. The average molecular weight is 352 g/mol. The lowest BCUT2D eigenvalue weighted by atomic mass is 10.1. The minimum Gasteiger partial charge on any atom is -0.466 e. The van der Waals surface area contributed by atoms with E-state index in [1.165, 1.54) is 0 Å². The SMILES string of the molecule is CCOC(=O)CCC(=O)c1cn(C)c2cc(Oc3cccnc3)ccc12. The summed E-state index contributed by atoms with van der Waals surface area (Å²) < 4.78 is 12.5. The molecule has 0 aliphatic carbocycles. The Hall–Kier alpha value is -3.15. The lowest BCUT2D eigenvalue weighted by Crippen LogP contribution is -2.07. The first-order valence-corrected chi connectivity index (χ1v) is 8.44. The molecule has 134 valence electrons. The molecule has 6 heteroatoms. The van der Waals surface area contributed by atoms with E-state index in [1.807, 2.05) is 35.9 Å². The van der Waals surface area contributed by atoms with Crippen LogP contribution in [0.5, 0.6) is 11.5 Å². The van der Waals surface area contributed by atoms with E-state index in [0.717, 1.165) is 10.9 Å². The summed E-state index contributed by atoms with van der Waals surface area (Å²) >= 11 is 0. The second kappa shape index (κ2) is 7.82. The van der Waals surface area contributed by atoms with Crippen molar-refractivity contribution in [2.24, 2.45) is 7.05 Å². The van der Waals surface area contributed by atoms with Gasteiger partial charge >= 0.3 is 5.97 Å². The lowest BCUT2D eigenvalue weighted by Gasteiger charge is -2.06. The predicted molar refractivity (Wildman–Crippen MR) is 97.4 cm³/mol. The smallest absolute Gasteiger partial charge is 0.306 e. The molecule has 1 aromatic carbocycles. The Morgan fingerprint density at radius 3 is 2.73 bits per heavy atom. The van der Waals surface area contributed by atoms with Gasteiger partial charge in [-0.05, 0) is 31.2 Å². The Balaban J connectivity index is 1.80. The Morgan fingerprint density at radius 1 is 1.15 bits per heavy atom. The molecule has 0 bridgehead atoms. The zero-order valence-corrected chi connectivity index (χ0v) is 14.8. The second-order valence-electron chi connectivity index (χ2n) is 5.85. The number of carbonyl (C=O) groups excluding carboxylic acids is 2. The van der Waals surface area contributed by atoms with Crippen LogP contribution in [0, 0.1) is 0 Å². The zero-order chi connectivity index (χ0) is 18.5. The van der Waals surface area contributed by atoms with Crippen LogP contribution in [0.1, 0.15) is 30.1 Å². The molecule has 3 rings (SSSR count). The van der Waals surface area contributed by atoms with E-state index in [9.17, 15) is 9.59 Å². The molecule has 26 heavy (non-hydrogen) atoms. The maximum absolute atomic E-state index is 12.5. The first-order chi connectivity index (χ1) is 12.6. The Labute approximate surface area is 151 Å². The summed E-state index contributed by atoms with van der Waals surface area (Å²) in [4.78, 5) is 28.0. The van der Waals surface area contributed by atoms with Gasteiger partial charge in [0.15, 0.2) is 5.78 Å². The molecule has 0 N–H and O–H groups in total. The Morgan fingerprint density at radius 2 is 2.00 bits per heavy atom. The number of fused-ring (bicyclic) bond motifs is 1. The lowest BCUT2D eigenvalue weighted by molar-refractivity contribution is -0.143. The van der Waals surface area contributed by atoms with E-state index in [-0.39, 0.29) is 24.6 Å². The summed E-state index contributed by atoms with van der Waals surface area (Å²) in [5, 5.41) is 0.833. The van der Waals surface area contributed by atoms with E-state index < -0.39 is 0 Å². The number of esters is 1. The van der Waals surface area contributed by atoms with E-state index in [1.54, 1.807) is 31.6 Å². The van der Waals surface area contributed by atoms with E-state index in [2.05, 4.69) is 4.98 Å². The third-order valence-corrected chi connectivity index (χ3v) is 3.99. The molecule has 2 aromatic heterocycles. The number of pyridine rings is 1. The van der Waals surface area contributed by atoms with Crippen molar-refractivity contribution in [1.29, 1.82) is 0 Å². The van der Waals surface area contributed by atoms with Crippen LogP contribution in [0.4, 0.5) is 0 Å². The summed E-state index contributed by atoms with van der Waals surface area (Å²) in [6.45, 7) is 2.07. The van der Waals surface area contributed by atoms with Crippen molar-refractivity contribution in [3.05, 3.63) is 54.5 Å². The molecule has 0 radical (unpaired) electrons. The zero-order valence-electron chi connectivity index (χ0n) is 14.8. The number of carbonyl (C=O) groups is 2. The molecule has 0 saturated heterocycles. The van der Waals surface area contributed by atoms with Gasteiger partial charge < -0.3 is 14.0 Å². The first kappa shape index (κ1) is 17.7. The first-order valence-electron chi connectivity index (χ1n) is 8.44. The van der Waals surface area contributed by atoms with Gasteiger partial charge in [-0.15, -0.1) is 0 Å². The fourth-order valence-electron chi connectivity index (χ4n) is 2.78. The van der Waals surface area contributed by atoms with Crippen LogP contribution in [0.3, 0.4) is 0 Å². The van der Waals surface area contributed by atoms with Gasteiger partial charge in [-0.25, -0.2) is 0 Å². The topological polar surface area (TPSA) is 70.4 Å². The monoisotopic (exact) mass is 352 g/mol. The van der Waals surface area contributed by atoms with Gasteiger partial charge in [0.25, 0.3) is 0 Å². The normalized spacial score (nSPS) is 10.7. The molecule has 0 saturated carbocycles. The summed E-state index contributed by atoms with van der Waals surface area (Å²) in [7, 11) is 1.87. The minimum absolute atomic E-state index is 0.0791. The summed E-state index contributed by atoms with van der Waals surface area (Å²) in [6.07, 6.45) is 5.32. The molecule has 2 heterocycles. The van der Waals surface area contributed by atoms with Crippen molar-refractivity contribution in [2.75, 3.05) is 6.61 Å². The standard InChI is InChI=1S/C20H20N2O4/c1-3-25-20(24)9-8-19(23)17-13-22(2)18-11-14(6-7-16(17)18)26-15-5-4-10-21-12-15/h4-7,10-13H,3,8-9H2,1-2H3. The molecule has 3 aromatic rings. The number of rotatable bonds is 7. The average Bonchev–Trinajstić information content (AvgIpc) is 2.97. The molecule has 0 spiro atoms. The molecule has 0 atom stereocenters. The summed E-state index contributed by atoms with van der Waals surface area (Å²) in [5.41, 5.74) is 1.48. The van der Waals surface area contributed by atoms with Crippen molar-refractivity contribution in [2.45, 2.75) is 19.8 Å². The third kappa shape index (κ3) is 3.91. The summed E-state index contributed by atoms with van der Waals surface area (Å²) in [6, 6.07) is 9.18. The van der Waals surface area contributed by atoms with Crippen molar-refractivity contribution < 1.29 is 19.1 Å². The highest BCUT2D eigenvalue weighted by Gasteiger charge is 2.16. The fraction of sp³-hybridized carbons (Fsp3) is 0.250. The molecule has 0 fully saturated rings. The van der Waals surface area contributed by atoms with Crippen molar-refractivity contribution in [3.8, 4) is 11.5 Å². The van der Waals surface area contributed by atoms with Gasteiger partial charge in [-0.3, -0.25) is 14.6 Å². The number of Topliss-reactive ketones (excluding diaryl/α,β-unsaturated/α-hetero) is 1. The highest BCUT2D eigenvalue weighted by atomic mass is 16.5. The number of ketones is 1. The van der Waals surface area contributed by atoms with Gasteiger partial charge in [-0.2, -0.15) is 0 Å². The molecule has 0 amide bonds. The van der Waals surface area contributed by atoms with Gasteiger partial charge in [-0.1, -0.05) is 0 Å². The van der Waals surface area contributed by atoms with Crippen LogP contribution < -0.4 is 4.74 Å². The number of nitrogens with zero attached hydrogens (tertiary/aromatic N) is 2. The van der Waals surface area contributed by atoms with Crippen LogP contribution in [-0.4, -0.2) is 27.9 Å². The number of aryl methyl sites for hydroxylation is 1. The number of benzene rings is 1. The maximum Gasteiger partial charge on any atom is 0.306 e. The number of aromatic nitrogens is 2. The van der Waals surface area contributed by atoms with Gasteiger partial charge in [0.1, 0.15) is 11.5 Å². The van der Waals surface area contributed by atoms with Crippen LogP contribution >= 0.6 is 0 Å². The van der Waals surface area contributed by atoms with Gasteiger partial charge in [0, 0.05) is 42.9 Å². The second-order valence-corrected chi connectivity index (χ2v) is 5.85. The molecule has 0 unspecified atom stereocenters. The largest absolute Gasteiger partial charge is 0.466 e. The molecular weight excluding hydrogens is 332 g/mol. The van der Waals surface area contributed by atoms with Crippen molar-refractivity contribution in [3.63, 3.8) is 0 Å². The number of hydrogen-bond acceptors (Lipinski definition) is 5. The predicted octanol–water partition coefficient (Wildman–Crippen LogP) is 3.89. The van der Waals surface area contributed by atoms with E-state index >= 15 is 0 Å². The number of ether oxygens (including phenoxy) is 2. The third-order valence-electron chi connectivity index (χ3n) is 3.99. The molecule has 6 nitrogen and oxygen atoms in total. The molecule has 0 aliphatic heterocycles. The number of hydrogen-bond donors (Lipinski definition) is 0. The minimum atomic E-state index is -0.353. The van der Waals surface area contributed by atoms with E-state index in [4.69, 9.17) is 9.47 Å². The highest BCUT2D eigenvalue weighted by Crippen LogP contribution is 2.28. The highest BCUT2D eigenvalue weighted by molar-refractivity contribution is 6.08.